The summed E-state index contributed by atoms with van der Waals surface area (Å²) in [5.41, 5.74) is 3.85. The average molecular weight is 442 g/mol. The Morgan fingerprint density at radius 2 is 1.67 bits per heavy atom. The largest absolute Gasteiger partial charge is 0.388 e. The van der Waals surface area contributed by atoms with Gasteiger partial charge in [-0.15, -0.1) is 0 Å². The number of aliphatic hydroxyl groups excluding tert-OH is 1. The first-order chi connectivity index (χ1) is 13.1. The molecule has 3 nitrogen and oxygen atoms in total. The quantitative estimate of drug-likeness (QED) is 0.426. The van der Waals surface area contributed by atoms with Gasteiger partial charge in [-0.1, -0.05) is 76.1 Å². The Balaban J connectivity index is 1.74. The first-order valence-electron chi connectivity index (χ1n) is 8.73. The van der Waals surface area contributed by atoms with E-state index < -0.39 is 6.10 Å². The molecular formula is C22H18BrClN2O. The van der Waals surface area contributed by atoms with Crippen LogP contribution < -0.4 is 0 Å². The summed E-state index contributed by atoms with van der Waals surface area (Å²) in [6, 6.07) is 23.6. The Hall–Kier alpha value is -2.14. The highest BCUT2D eigenvalue weighted by atomic mass is 79.9. The van der Waals surface area contributed by atoms with E-state index in [4.69, 9.17) is 16.6 Å². The molecule has 0 aliphatic carbocycles. The molecule has 0 bridgehead atoms. The molecule has 1 heterocycles. The van der Waals surface area contributed by atoms with Crippen LogP contribution in [0.25, 0.3) is 11.0 Å². The van der Waals surface area contributed by atoms with Gasteiger partial charge in [0.25, 0.3) is 0 Å². The van der Waals surface area contributed by atoms with Crippen molar-refractivity contribution in [2.24, 2.45) is 0 Å². The molecule has 4 rings (SSSR count). The lowest BCUT2D eigenvalue weighted by Gasteiger charge is -2.15. The second kappa shape index (κ2) is 7.85. The van der Waals surface area contributed by atoms with Crippen molar-refractivity contribution >= 4 is 38.6 Å². The highest BCUT2D eigenvalue weighted by Crippen LogP contribution is 2.28. The number of fused-ring (bicyclic) bond motifs is 1. The molecule has 0 amide bonds. The lowest BCUT2D eigenvalue weighted by atomic mass is 10.1. The second-order valence-electron chi connectivity index (χ2n) is 6.44. The number of aliphatic hydroxyl groups is 1. The molecule has 1 N–H and O–H groups in total. The smallest absolute Gasteiger partial charge is 0.113 e. The molecule has 0 aliphatic rings. The minimum absolute atomic E-state index is 0.392. The van der Waals surface area contributed by atoms with E-state index in [0.29, 0.717) is 18.0 Å². The number of hydrogen-bond donors (Lipinski definition) is 1. The summed E-state index contributed by atoms with van der Waals surface area (Å²) in [6.45, 7) is 0.673. The van der Waals surface area contributed by atoms with Crippen LogP contribution in [-0.4, -0.2) is 14.7 Å². The van der Waals surface area contributed by atoms with Gasteiger partial charge >= 0.3 is 0 Å². The normalized spacial score (nSPS) is 12.4. The first kappa shape index (κ1) is 18.2. The van der Waals surface area contributed by atoms with Crippen molar-refractivity contribution in [3.63, 3.8) is 0 Å². The summed E-state index contributed by atoms with van der Waals surface area (Å²) in [6.07, 6.45) is -0.323. The van der Waals surface area contributed by atoms with Gasteiger partial charge in [-0.25, -0.2) is 4.98 Å². The minimum atomic E-state index is -0.714. The zero-order chi connectivity index (χ0) is 18.8. The van der Waals surface area contributed by atoms with Crippen molar-refractivity contribution in [2.45, 2.75) is 19.1 Å². The molecule has 0 saturated heterocycles. The molecule has 5 heteroatoms. The summed E-state index contributed by atoms with van der Waals surface area (Å²) in [5.74, 6) is 0.833. The second-order valence-corrected chi connectivity index (χ2v) is 7.70. The lowest BCUT2D eigenvalue weighted by Crippen LogP contribution is -2.11. The molecule has 0 saturated carbocycles. The molecule has 1 atom stereocenters. The fourth-order valence-corrected chi connectivity index (χ4v) is 3.95. The van der Waals surface area contributed by atoms with Crippen LogP contribution in [0, 0.1) is 0 Å². The van der Waals surface area contributed by atoms with Gasteiger partial charge in [0.05, 0.1) is 23.7 Å². The summed E-state index contributed by atoms with van der Waals surface area (Å²) < 4.78 is 3.22. The van der Waals surface area contributed by atoms with Crippen LogP contribution in [0.5, 0.6) is 0 Å². The minimum Gasteiger partial charge on any atom is -0.388 e. The number of aromatic nitrogens is 2. The van der Waals surface area contributed by atoms with Crippen molar-refractivity contribution in [3.05, 3.63) is 99.2 Å². The number of halogens is 2. The Bertz CT molecular complexity index is 1090. The monoisotopic (exact) mass is 440 g/mol. The van der Waals surface area contributed by atoms with E-state index in [1.807, 2.05) is 54.6 Å². The topological polar surface area (TPSA) is 38.1 Å². The van der Waals surface area contributed by atoms with E-state index in [1.165, 1.54) is 0 Å². The van der Waals surface area contributed by atoms with Gasteiger partial charge in [0.2, 0.25) is 0 Å². The fraction of sp³-hybridized carbons (Fsp3) is 0.136. The van der Waals surface area contributed by atoms with Crippen LogP contribution in [-0.2, 0) is 13.0 Å². The zero-order valence-electron chi connectivity index (χ0n) is 14.5. The van der Waals surface area contributed by atoms with Gasteiger partial charge in [-0.3, -0.25) is 0 Å². The van der Waals surface area contributed by atoms with Gasteiger partial charge < -0.3 is 9.67 Å². The average Bonchev–Trinajstić information content (AvgIpc) is 3.01. The summed E-state index contributed by atoms with van der Waals surface area (Å²) in [7, 11) is 0. The fourth-order valence-electron chi connectivity index (χ4n) is 3.28. The third kappa shape index (κ3) is 3.79. The number of nitrogens with zero attached hydrogens (tertiary/aromatic N) is 2. The van der Waals surface area contributed by atoms with Crippen molar-refractivity contribution in [2.75, 3.05) is 0 Å². The molecule has 0 unspecified atom stereocenters. The number of para-hydroxylation sites is 2. The first-order valence-corrected chi connectivity index (χ1v) is 9.90. The molecule has 136 valence electrons. The Morgan fingerprint density at radius 3 is 2.48 bits per heavy atom. The van der Waals surface area contributed by atoms with Crippen molar-refractivity contribution in [3.8, 4) is 0 Å². The van der Waals surface area contributed by atoms with E-state index in [1.54, 1.807) is 6.07 Å². The molecule has 0 aliphatic heterocycles. The zero-order valence-corrected chi connectivity index (χ0v) is 16.9. The Morgan fingerprint density at radius 1 is 0.963 bits per heavy atom. The van der Waals surface area contributed by atoms with Crippen LogP contribution in [0.3, 0.4) is 0 Å². The third-order valence-electron chi connectivity index (χ3n) is 4.66. The Labute approximate surface area is 171 Å². The summed E-state index contributed by atoms with van der Waals surface area (Å²) in [5, 5.41) is 11.3. The van der Waals surface area contributed by atoms with Crippen LogP contribution in [0.1, 0.15) is 23.1 Å². The molecule has 3 aromatic carbocycles. The molecule has 1 aromatic heterocycles. The highest BCUT2D eigenvalue weighted by Gasteiger charge is 2.18. The van der Waals surface area contributed by atoms with Crippen LogP contribution >= 0.6 is 27.5 Å². The summed E-state index contributed by atoms with van der Waals surface area (Å²) in [4.78, 5) is 4.78. The van der Waals surface area contributed by atoms with Gasteiger partial charge in [-0.05, 0) is 35.4 Å². The van der Waals surface area contributed by atoms with E-state index in [0.717, 1.165) is 32.5 Å². The lowest BCUT2D eigenvalue weighted by molar-refractivity contribution is 0.175. The number of rotatable bonds is 5. The van der Waals surface area contributed by atoms with E-state index in [2.05, 4.69) is 32.6 Å². The van der Waals surface area contributed by atoms with Gasteiger partial charge in [0.1, 0.15) is 5.82 Å². The predicted octanol–water partition coefficient (Wildman–Crippen LogP) is 5.78. The molecule has 0 radical (unpaired) electrons. The van der Waals surface area contributed by atoms with Crippen molar-refractivity contribution in [1.82, 2.24) is 9.55 Å². The van der Waals surface area contributed by atoms with E-state index in [-0.39, 0.29) is 0 Å². The highest BCUT2D eigenvalue weighted by molar-refractivity contribution is 9.10. The molecular weight excluding hydrogens is 424 g/mol. The van der Waals surface area contributed by atoms with Crippen molar-refractivity contribution in [1.29, 1.82) is 0 Å². The molecule has 4 aromatic rings. The maximum Gasteiger partial charge on any atom is 0.113 e. The van der Waals surface area contributed by atoms with Crippen LogP contribution in [0.15, 0.2) is 77.3 Å². The maximum absolute atomic E-state index is 10.8. The van der Waals surface area contributed by atoms with Gasteiger partial charge in [-0.2, -0.15) is 0 Å². The summed E-state index contributed by atoms with van der Waals surface area (Å²) >= 11 is 9.89. The standard InChI is InChI=1S/C22H18BrClN2O/c23-17-9-3-1-7-15(17)14-26-20-12-6-5-11-19(20)25-22(26)13-21(27)16-8-2-4-10-18(16)24/h1-12,21,27H,13-14H2/t21-/m1/s1. The number of imidazole rings is 1. The van der Waals surface area contributed by atoms with Gasteiger partial charge in [0, 0.05) is 15.9 Å². The maximum atomic E-state index is 10.8. The SMILES string of the molecule is O[C@H](Cc1nc2ccccc2n1Cc1ccccc1Br)c1ccccc1Cl. The molecule has 27 heavy (non-hydrogen) atoms. The number of benzene rings is 3. The Kier molecular flexibility index (Phi) is 5.30. The van der Waals surface area contributed by atoms with Crippen LogP contribution in [0.4, 0.5) is 0 Å². The van der Waals surface area contributed by atoms with Crippen LogP contribution in [0.2, 0.25) is 5.02 Å². The molecule has 0 spiro atoms. The third-order valence-corrected chi connectivity index (χ3v) is 5.78. The molecule has 0 fully saturated rings. The number of hydrogen-bond acceptors (Lipinski definition) is 2. The predicted molar refractivity (Wildman–Crippen MR) is 113 cm³/mol. The van der Waals surface area contributed by atoms with E-state index >= 15 is 0 Å². The van der Waals surface area contributed by atoms with Gasteiger partial charge in [0.15, 0.2) is 0 Å². The van der Waals surface area contributed by atoms with E-state index in [9.17, 15) is 5.11 Å². The van der Waals surface area contributed by atoms with Crippen molar-refractivity contribution < 1.29 is 5.11 Å².